The highest BCUT2D eigenvalue weighted by Crippen LogP contribution is 2.06. The number of H-pyrrole nitrogens is 1. The van der Waals surface area contributed by atoms with Crippen molar-refractivity contribution in [1.29, 1.82) is 0 Å². The number of rotatable bonds is 6. The number of nitrogens with zero attached hydrogens (tertiary/aromatic N) is 1. The van der Waals surface area contributed by atoms with Crippen LogP contribution in [0, 0.1) is 6.92 Å². The van der Waals surface area contributed by atoms with Crippen LogP contribution in [-0.4, -0.2) is 42.5 Å². The van der Waals surface area contributed by atoms with E-state index < -0.39 is 0 Å². The van der Waals surface area contributed by atoms with Gasteiger partial charge in [-0.25, -0.2) is 0 Å². The average molecular weight is 313 g/mol. The second kappa shape index (κ2) is 7.74. The van der Waals surface area contributed by atoms with Gasteiger partial charge in [0, 0.05) is 18.3 Å². The van der Waals surface area contributed by atoms with E-state index in [1.807, 2.05) is 32.3 Å². The summed E-state index contributed by atoms with van der Waals surface area (Å²) in [5.74, 6) is -0.342. The van der Waals surface area contributed by atoms with Crippen LogP contribution in [0.1, 0.15) is 21.6 Å². The molecule has 2 N–H and O–H groups in total. The molecule has 1 heterocycles. The smallest absolute Gasteiger partial charge is 0.260 e. The molecule has 0 spiro atoms. The molecule has 0 bridgehead atoms. The van der Waals surface area contributed by atoms with E-state index in [2.05, 4.69) is 27.3 Å². The van der Waals surface area contributed by atoms with Gasteiger partial charge in [0.15, 0.2) is 0 Å². The van der Waals surface area contributed by atoms with Crippen molar-refractivity contribution in [3.05, 3.63) is 69.6 Å². The number of benzene rings is 1. The summed E-state index contributed by atoms with van der Waals surface area (Å²) in [4.78, 5) is 28.8. The highest BCUT2D eigenvalue weighted by molar-refractivity contribution is 5.93. The van der Waals surface area contributed by atoms with Crippen molar-refractivity contribution in [3.8, 4) is 0 Å². The van der Waals surface area contributed by atoms with Crippen molar-refractivity contribution in [2.24, 2.45) is 0 Å². The van der Waals surface area contributed by atoms with Gasteiger partial charge in [-0.05, 0) is 45.1 Å². The Balaban J connectivity index is 2.01. The largest absolute Gasteiger partial charge is 0.350 e. The predicted octanol–water partition coefficient (Wildman–Crippen LogP) is 1.59. The Labute approximate surface area is 136 Å². The van der Waals surface area contributed by atoms with Crippen LogP contribution in [0.15, 0.2) is 47.3 Å². The minimum Gasteiger partial charge on any atom is -0.350 e. The monoisotopic (exact) mass is 313 g/mol. The third kappa shape index (κ3) is 4.79. The fraction of sp³-hybridized carbons (Fsp3) is 0.333. The molecular weight excluding hydrogens is 290 g/mol. The van der Waals surface area contributed by atoms with Gasteiger partial charge in [0.05, 0.1) is 0 Å². The molecule has 122 valence electrons. The van der Waals surface area contributed by atoms with Crippen LogP contribution in [0.25, 0.3) is 0 Å². The zero-order valence-corrected chi connectivity index (χ0v) is 13.8. The Morgan fingerprint density at radius 3 is 2.48 bits per heavy atom. The van der Waals surface area contributed by atoms with E-state index in [4.69, 9.17) is 0 Å². The number of carbonyl (C=O) groups excluding carboxylic acids is 1. The Hall–Kier alpha value is -2.40. The summed E-state index contributed by atoms with van der Waals surface area (Å²) in [7, 11) is 3.97. The molecule has 0 radical (unpaired) electrons. The molecule has 0 aliphatic heterocycles. The van der Waals surface area contributed by atoms with E-state index in [9.17, 15) is 9.59 Å². The van der Waals surface area contributed by atoms with Gasteiger partial charge in [0.2, 0.25) is 0 Å². The van der Waals surface area contributed by atoms with Crippen LogP contribution in [0.4, 0.5) is 0 Å². The first kappa shape index (κ1) is 17.0. The van der Waals surface area contributed by atoms with Gasteiger partial charge in [-0.3, -0.25) is 9.59 Å². The van der Waals surface area contributed by atoms with E-state index in [0.717, 1.165) is 12.1 Å². The molecule has 5 nitrogen and oxygen atoms in total. The first-order chi connectivity index (χ1) is 11.0. The minimum absolute atomic E-state index is 0.146. The molecule has 0 fully saturated rings. The van der Waals surface area contributed by atoms with Crippen molar-refractivity contribution >= 4 is 5.91 Å². The Bertz CT molecular complexity index is 708. The number of pyridine rings is 1. The molecule has 1 aromatic carbocycles. The summed E-state index contributed by atoms with van der Waals surface area (Å²) in [6.07, 6.45) is 0.832. The van der Waals surface area contributed by atoms with Crippen LogP contribution >= 0.6 is 0 Å². The summed E-state index contributed by atoms with van der Waals surface area (Å²) in [6.45, 7) is 2.26. The second-order valence-electron chi connectivity index (χ2n) is 5.90. The molecule has 2 aromatic rings. The van der Waals surface area contributed by atoms with Crippen molar-refractivity contribution < 1.29 is 4.79 Å². The van der Waals surface area contributed by atoms with E-state index in [0.29, 0.717) is 6.54 Å². The number of likely N-dealkylation sites (N-methyl/N-ethyl adjacent to an activating group) is 1. The second-order valence-corrected chi connectivity index (χ2v) is 5.90. The number of aromatic amines is 1. The van der Waals surface area contributed by atoms with Gasteiger partial charge in [-0.2, -0.15) is 0 Å². The molecule has 0 aliphatic carbocycles. The molecule has 1 atom stereocenters. The van der Waals surface area contributed by atoms with Gasteiger partial charge in [0.25, 0.3) is 11.5 Å². The lowest BCUT2D eigenvalue weighted by Gasteiger charge is -2.24. The van der Waals surface area contributed by atoms with Gasteiger partial charge < -0.3 is 15.2 Å². The maximum Gasteiger partial charge on any atom is 0.260 e. The summed E-state index contributed by atoms with van der Waals surface area (Å²) in [5.41, 5.74) is 1.75. The Kier molecular flexibility index (Phi) is 5.71. The van der Waals surface area contributed by atoms with Gasteiger partial charge >= 0.3 is 0 Å². The lowest BCUT2D eigenvalue weighted by molar-refractivity contribution is 0.0940. The highest BCUT2D eigenvalue weighted by atomic mass is 16.2. The molecule has 23 heavy (non-hydrogen) atoms. The maximum absolute atomic E-state index is 12.2. The molecule has 5 heteroatoms. The van der Waals surface area contributed by atoms with Crippen LogP contribution in [0.2, 0.25) is 0 Å². The van der Waals surface area contributed by atoms with Crippen molar-refractivity contribution in [2.75, 3.05) is 20.6 Å². The fourth-order valence-electron chi connectivity index (χ4n) is 2.38. The lowest BCUT2D eigenvalue weighted by atomic mass is 10.1. The molecule has 1 aromatic heterocycles. The molecule has 0 unspecified atom stereocenters. The summed E-state index contributed by atoms with van der Waals surface area (Å²) >= 11 is 0. The zero-order chi connectivity index (χ0) is 16.8. The van der Waals surface area contributed by atoms with Crippen LogP contribution in [0.3, 0.4) is 0 Å². The van der Waals surface area contributed by atoms with E-state index in [-0.39, 0.29) is 23.1 Å². The number of hydrogen-bond acceptors (Lipinski definition) is 3. The third-order valence-electron chi connectivity index (χ3n) is 3.84. The zero-order valence-electron chi connectivity index (χ0n) is 13.8. The predicted molar refractivity (Wildman–Crippen MR) is 91.8 cm³/mol. The number of aromatic nitrogens is 1. The van der Waals surface area contributed by atoms with Gasteiger partial charge in [0.1, 0.15) is 5.56 Å². The Morgan fingerprint density at radius 2 is 1.87 bits per heavy atom. The molecule has 2 rings (SSSR count). The minimum atomic E-state index is -0.355. The number of nitrogens with one attached hydrogen (secondary N) is 2. The SMILES string of the molecule is Cc1ccc(C(=O)NC[C@H](Cc2ccccc2)N(C)C)c(=O)[nH]1. The van der Waals surface area contributed by atoms with Crippen molar-refractivity contribution in [1.82, 2.24) is 15.2 Å². The highest BCUT2D eigenvalue weighted by Gasteiger charge is 2.16. The first-order valence-electron chi connectivity index (χ1n) is 7.66. The van der Waals surface area contributed by atoms with Crippen molar-refractivity contribution in [2.45, 2.75) is 19.4 Å². The quantitative estimate of drug-likeness (QED) is 0.851. The van der Waals surface area contributed by atoms with E-state index >= 15 is 0 Å². The van der Waals surface area contributed by atoms with Gasteiger partial charge in [-0.15, -0.1) is 0 Å². The number of amides is 1. The van der Waals surface area contributed by atoms with E-state index in [1.165, 1.54) is 5.56 Å². The third-order valence-corrected chi connectivity index (χ3v) is 3.84. The first-order valence-corrected chi connectivity index (χ1v) is 7.66. The van der Waals surface area contributed by atoms with Gasteiger partial charge in [-0.1, -0.05) is 30.3 Å². The average Bonchev–Trinajstić information content (AvgIpc) is 2.51. The molecular formula is C18H23N3O2. The summed E-state index contributed by atoms with van der Waals surface area (Å²) in [5, 5.41) is 2.86. The lowest BCUT2D eigenvalue weighted by Crippen LogP contribution is -2.42. The van der Waals surface area contributed by atoms with Crippen molar-refractivity contribution in [3.63, 3.8) is 0 Å². The van der Waals surface area contributed by atoms with E-state index in [1.54, 1.807) is 19.1 Å². The molecule has 0 saturated carbocycles. The topological polar surface area (TPSA) is 65.2 Å². The number of carbonyl (C=O) groups is 1. The van der Waals surface area contributed by atoms with Crippen LogP contribution in [0.5, 0.6) is 0 Å². The normalized spacial score (nSPS) is 12.2. The molecule has 1 amide bonds. The number of aryl methyl sites for hydroxylation is 1. The summed E-state index contributed by atoms with van der Waals surface area (Å²) in [6, 6.07) is 13.6. The maximum atomic E-state index is 12.2. The van der Waals surface area contributed by atoms with Crippen LogP contribution < -0.4 is 10.9 Å². The standard InChI is InChI=1S/C18H23N3O2/c1-13-9-10-16(18(23)20-13)17(22)19-12-15(21(2)3)11-14-7-5-4-6-8-14/h4-10,15H,11-12H2,1-3H3,(H,19,22)(H,20,23)/t15-/m0/s1. The Morgan fingerprint density at radius 1 is 1.17 bits per heavy atom. The fourth-order valence-corrected chi connectivity index (χ4v) is 2.38. The summed E-state index contributed by atoms with van der Waals surface area (Å²) < 4.78 is 0. The molecule has 0 aliphatic rings. The van der Waals surface area contributed by atoms with Crippen LogP contribution in [-0.2, 0) is 6.42 Å². The number of hydrogen-bond donors (Lipinski definition) is 2. The molecule has 0 saturated heterocycles.